The van der Waals surface area contributed by atoms with E-state index in [-0.39, 0.29) is 10.8 Å². The van der Waals surface area contributed by atoms with Crippen LogP contribution in [0.2, 0.25) is 0 Å². The van der Waals surface area contributed by atoms with Gasteiger partial charge in [-0.3, -0.25) is 0 Å². The number of anilines is 2. The summed E-state index contributed by atoms with van der Waals surface area (Å²) >= 11 is 1.89. The largest absolute Gasteiger partial charge is 0.464 e. The van der Waals surface area contributed by atoms with Crippen LogP contribution in [-0.4, -0.2) is 11.8 Å². The molecular formula is C57H43BN2OS. The second kappa shape index (κ2) is 12.6. The van der Waals surface area contributed by atoms with E-state index in [0.717, 1.165) is 40.8 Å². The van der Waals surface area contributed by atoms with Gasteiger partial charge in [0.2, 0.25) is 0 Å². The Balaban J connectivity index is 1.10. The molecule has 62 heavy (non-hydrogen) atoms. The Morgan fingerprint density at radius 3 is 2.23 bits per heavy atom. The van der Waals surface area contributed by atoms with Crippen molar-refractivity contribution in [2.45, 2.75) is 45.4 Å². The zero-order chi connectivity index (χ0) is 41.6. The lowest BCUT2D eigenvalue weighted by molar-refractivity contribution is 0.590. The van der Waals surface area contributed by atoms with Crippen LogP contribution in [0.3, 0.4) is 0 Å². The third kappa shape index (κ3) is 5.06. The standard InChI is InChI=1S/C57H43BN2OS/c1-56(2,3)33-19-21-34(22-20-33)59-48-29-46-39(35-15-9-11-17-45(35)57(46,4)5)25-40(48)37-23-24-38-41-28-53-43(36-16-10-12-18-52(36)62-53)27-49(41)60-50-26-42-44(32-13-7-6-8-14-32)31-61-51(42)30-47(50)58-54(37)55(38)60/h6-31,58-59H,1-5H3. The van der Waals surface area contributed by atoms with Crippen LogP contribution in [0.15, 0.2) is 162 Å². The fraction of sp³-hybridized carbons (Fsp3) is 0.123. The molecule has 2 aliphatic rings. The molecule has 3 nitrogen and oxygen atoms in total. The van der Waals surface area contributed by atoms with Crippen molar-refractivity contribution in [2.75, 3.05) is 5.32 Å². The fourth-order valence-electron chi connectivity index (χ4n) is 10.8. The molecule has 0 unspecified atom stereocenters. The average Bonchev–Trinajstić information content (AvgIpc) is 4.01. The van der Waals surface area contributed by atoms with Crippen molar-refractivity contribution in [1.82, 2.24) is 4.57 Å². The van der Waals surface area contributed by atoms with Gasteiger partial charge in [0.1, 0.15) is 5.58 Å². The number of nitrogens with zero attached hydrogens (tertiary/aromatic N) is 1. The minimum atomic E-state index is -0.134. The molecule has 1 aliphatic carbocycles. The Bertz CT molecular complexity index is 3690. The average molecular weight is 815 g/mol. The topological polar surface area (TPSA) is 30.1 Å². The first-order valence-corrected chi connectivity index (χ1v) is 22.6. The van der Waals surface area contributed by atoms with Gasteiger partial charge >= 0.3 is 0 Å². The SMILES string of the molecule is CC(C)(C)c1ccc(Nc2cc3c(cc2-c2ccc4c5cc6sc7ccccc7c6cc5n5c4c2Bc2cc4occ(-c6ccccc6)c4cc2-5)-c2ccccc2C3(C)C)cc1. The smallest absolute Gasteiger partial charge is 0.198 e. The van der Waals surface area contributed by atoms with E-state index in [0.29, 0.717) is 0 Å². The summed E-state index contributed by atoms with van der Waals surface area (Å²) in [5.41, 5.74) is 20.9. The highest BCUT2D eigenvalue weighted by atomic mass is 32.1. The summed E-state index contributed by atoms with van der Waals surface area (Å²) in [6, 6.07) is 56.8. The third-order valence-electron chi connectivity index (χ3n) is 14.0. The van der Waals surface area contributed by atoms with Crippen molar-refractivity contribution in [3.8, 4) is 39.1 Å². The molecular weight excluding hydrogens is 772 g/mol. The van der Waals surface area contributed by atoms with Gasteiger partial charge in [0.05, 0.1) is 11.8 Å². The normalized spacial score (nSPS) is 13.8. The number of aromatic nitrogens is 1. The van der Waals surface area contributed by atoms with Gasteiger partial charge in [-0.05, 0) is 104 Å². The first-order chi connectivity index (χ1) is 30.1. The van der Waals surface area contributed by atoms with Crippen molar-refractivity contribution >= 4 is 93.9 Å². The monoisotopic (exact) mass is 814 g/mol. The van der Waals surface area contributed by atoms with Gasteiger partial charge in [-0.2, -0.15) is 0 Å². The summed E-state index contributed by atoms with van der Waals surface area (Å²) in [7, 11) is 0.784. The summed E-state index contributed by atoms with van der Waals surface area (Å²) in [6.07, 6.45) is 1.93. The minimum Gasteiger partial charge on any atom is -0.464 e. The predicted octanol–water partition coefficient (Wildman–Crippen LogP) is 14.3. The molecule has 0 atom stereocenters. The second-order valence-electron chi connectivity index (χ2n) is 19.0. The Kier molecular flexibility index (Phi) is 7.31. The molecule has 13 rings (SSSR count). The molecule has 0 bridgehead atoms. The van der Waals surface area contributed by atoms with Crippen molar-refractivity contribution in [2.24, 2.45) is 0 Å². The molecule has 1 N–H and O–H groups in total. The van der Waals surface area contributed by atoms with Gasteiger partial charge < -0.3 is 14.3 Å². The van der Waals surface area contributed by atoms with E-state index in [2.05, 4.69) is 196 Å². The lowest BCUT2D eigenvalue weighted by Crippen LogP contribution is -2.37. The minimum absolute atomic E-state index is 0.0758. The van der Waals surface area contributed by atoms with Crippen LogP contribution in [0.4, 0.5) is 11.4 Å². The molecule has 11 aromatic rings. The maximum absolute atomic E-state index is 6.41. The number of nitrogens with one attached hydrogen (secondary N) is 1. The van der Waals surface area contributed by atoms with E-state index in [1.54, 1.807) is 0 Å². The summed E-state index contributed by atoms with van der Waals surface area (Å²) < 4.78 is 11.6. The van der Waals surface area contributed by atoms with E-state index in [4.69, 9.17) is 4.42 Å². The quantitative estimate of drug-likeness (QED) is 0.179. The zero-order valence-corrected chi connectivity index (χ0v) is 36.3. The van der Waals surface area contributed by atoms with E-state index >= 15 is 0 Å². The molecule has 5 heteroatoms. The molecule has 3 aromatic heterocycles. The third-order valence-corrected chi connectivity index (χ3v) is 15.2. The van der Waals surface area contributed by atoms with Crippen LogP contribution in [0.1, 0.15) is 51.3 Å². The Morgan fingerprint density at radius 1 is 0.597 bits per heavy atom. The lowest BCUT2D eigenvalue weighted by Gasteiger charge is -2.26. The number of fused-ring (bicyclic) bond motifs is 12. The summed E-state index contributed by atoms with van der Waals surface area (Å²) in [6.45, 7) is 11.6. The molecule has 1 aliphatic heterocycles. The van der Waals surface area contributed by atoms with Crippen LogP contribution in [-0.2, 0) is 10.8 Å². The van der Waals surface area contributed by atoms with Gasteiger partial charge in [-0.1, -0.05) is 137 Å². The maximum Gasteiger partial charge on any atom is 0.198 e. The van der Waals surface area contributed by atoms with E-state index in [1.807, 2.05) is 17.6 Å². The fourth-order valence-corrected chi connectivity index (χ4v) is 12.0. The number of rotatable bonds is 4. The summed E-state index contributed by atoms with van der Waals surface area (Å²) in [4.78, 5) is 0. The van der Waals surface area contributed by atoms with Crippen LogP contribution in [0.25, 0.3) is 92.0 Å². The molecule has 8 aromatic carbocycles. The highest BCUT2D eigenvalue weighted by Crippen LogP contribution is 2.52. The summed E-state index contributed by atoms with van der Waals surface area (Å²) in [5, 5.41) is 10.3. The van der Waals surface area contributed by atoms with Crippen LogP contribution >= 0.6 is 11.3 Å². The Morgan fingerprint density at radius 2 is 1.39 bits per heavy atom. The van der Waals surface area contributed by atoms with Gasteiger partial charge in [0.25, 0.3) is 0 Å². The summed E-state index contributed by atoms with van der Waals surface area (Å²) in [5.74, 6) is 0. The molecule has 0 radical (unpaired) electrons. The molecule has 4 heterocycles. The van der Waals surface area contributed by atoms with Crippen LogP contribution in [0.5, 0.6) is 0 Å². The molecule has 0 spiro atoms. The molecule has 0 saturated carbocycles. The van der Waals surface area contributed by atoms with Gasteiger partial charge in [-0.15, -0.1) is 11.3 Å². The number of hydrogen-bond donors (Lipinski definition) is 1. The van der Waals surface area contributed by atoms with Gasteiger partial charge in [0.15, 0.2) is 7.28 Å². The van der Waals surface area contributed by atoms with Crippen molar-refractivity contribution in [1.29, 1.82) is 0 Å². The number of furan rings is 1. The first-order valence-electron chi connectivity index (χ1n) is 21.8. The first kappa shape index (κ1) is 35.9. The highest BCUT2D eigenvalue weighted by Gasteiger charge is 2.37. The van der Waals surface area contributed by atoms with Crippen molar-refractivity contribution in [3.05, 3.63) is 175 Å². The maximum atomic E-state index is 6.41. The predicted molar refractivity (Wildman–Crippen MR) is 267 cm³/mol. The van der Waals surface area contributed by atoms with E-state index in [9.17, 15) is 0 Å². The molecule has 0 saturated heterocycles. The highest BCUT2D eigenvalue weighted by molar-refractivity contribution is 7.25. The Hall–Kier alpha value is -6.82. The van der Waals surface area contributed by atoms with Crippen molar-refractivity contribution in [3.63, 3.8) is 0 Å². The molecule has 0 amide bonds. The lowest BCUT2D eigenvalue weighted by atomic mass is 9.59. The second-order valence-corrected chi connectivity index (χ2v) is 20.1. The van der Waals surface area contributed by atoms with Gasteiger partial charge in [0, 0.05) is 75.5 Å². The van der Waals surface area contributed by atoms with Crippen LogP contribution in [0, 0.1) is 0 Å². The van der Waals surface area contributed by atoms with Gasteiger partial charge in [-0.25, -0.2) is 0 Å². The van der Waals surface area contributed by atoms with E-state index in [1.165, 1.54) is 97.5 Å². The van der Waals surface area contributed by atoms with Crippen LogP contribution < -0.4 is 16.2 Å². The molecule has 296 valence electrons. The molecule has 0 fully saturated rings. The Labute approximate surface area is 365 Å². The number of thiophene rings is 1. The van der Waals surface area contributed by atoms with Crippen molar-refractivity contribution < 1.29 is 4.42 Å². The zero-order valence-electron chi connectivity index (χ0n) is 35.5. The van der Waals surface area contributed by atoms with E-state index < -0.39 is 0 Å². The number of hydrogen-bond acceptors (Lipinski definition) is 3. The number of benzene rings is 8.